The number of benzene rings is 1. The highest BCUT2D eigenvalue weighted by atomic mass is 32.1. The fraction of sp³-hybridized carbons (Fsp3) is 0.267. The van der Waals surface area contributed by atoms with Crippen LogP contribution < -0.4 is 4.90 Å². The molecule has 22 heavy (non-hydrogen) atoms. The predicted octanol–water partition coefficient (Wildman–Crippen LogP) is 2.99. The van der Waals surface area contributed by atoms with Gasteiger partial charge in [0.15, 0.2) is 0 Å². The van der Waals surface area contributed by atoms with Crippen molar-refractivity contribution in [3.8, 4) is 0 Å². The summed E-state index contributed by atoms with van der Waals surface area (Å²) in [6.45, 7) is 0.478. The molecule has 0 saturated carbocycles. The van der Waals surface area contributed by atoms with Crippen LogP contribution >= 0.6 is 11.3 Å². The molecule has 6 nitrogen and oxygen atoms in total. The van der Waals surface area contributed by atoms with E-state index < -0.39 is 4.92 Å². The lowest BCUT2D eigenvalue weighted by Crippen LogP contribution is -2.27. The van der Waals surface area contributed by atoms with E-state index in [1.165, 1.54) is 12.1 Å². The topological polar surface area (TPSA) is 66.7 Å². The van der Waals surface area contributed by atoms with Gasteiger partial charge in [-0.3, -0.25) is 14.9 Å². The first-order valence-electron chi connectivity index (χ1n) is 6.63. The summed E-state index contributed by atoms with van der Waals surface area (Å²) in [6, 6.07) is 8.23. The van der Waals surface area contributed by atoms with Crippen molar-refractivity contribution in [2.24, 2.45) is 0 Å². The molecule has 0 fully saturated rings. The summed E-state index contributed by atoms with van der Waals surface area (Å²) in [5.74, 6) is -0.235. The van der Waals surface area contributed by atoms with Crippen LogP contribution in [0.2, 0.25) is 0 Å². The normalized spacial score (nSPS) is 10.3. The van der Waals surface area contributed by atoms with Crippen molar-refractivity contribution in [3.63, 3.8) is 0 Å². The number of amides is 1. The molecule has 1 aromatic heterocycles. The fourth-order valence-electron chi connectivity index (χ4n) is 2.11. The smallest absolute Gasteiger partial charge is 0.270 e. The van der Waals surface area contributed by atoms with Gasteiger partial charge in [0.2, 0.25) is 0 Å². The van der Waals surface area contributed by atoms with Crippen LogP contribution in [-0.2, 0) is 6.54 Å². The number of nitro benzene ring substituents is 1. The molecular formula is C15H17N3O3S. The largest absolute Gasteiger partial charge is 0.377 e. The van der Waals surface area contributed by atoms with Crippen LogP contribution in [0.4, 0.5) is 11.4 Å². The van der Waals surface area contributed by atoms with Crippen LogP contribution in [-0.4, -0.2) is 36.9 Å². The first-order valence-corrected chi connectivity index (χ1v) is 7.51. The molecule has 0 aliphatic heterocycles. The molecular weight excluding hydrogens is 302 g/mol. The van der Waals surface area contributed by atoms with Crippen LogP contribution in [0.25, 0.3) is 0 Å². The van der Waals surface area contributed by atoms with Gasteiger partial charge in [0.25, 0.3) is 11.6 Å². The summed E-state index contributed by atoms with van der Waals surface area (Å²) in [6.07, 6.45) is 0. The lowest BCUT2D eigenvalue weighted by atomic mass is 10.1. The number of carbonyl (C=O) groups excluding carboxylic acids is 1. The average molecular weight is 319 g/mol. The minimum Gasteiger partial charge on any atom is -0.377 e. The maximum Gasteiger partial charge on any atom is 0.270 e. The molecule has 0 saturated heterocycles. The third kappa shape index (κ3) is 3.43. The van der Waals surface area contributed by atoms with Gasteiger partial charge < -0.3 is 9.80 Å². The summed E-state index contributed by atoms with van der Waals surface area (Å²) in [4.78, 5) is 27.5. The Balaban J connectivity index is 2.33. The molecule has 2 rings (SSSR count). The quantitative estimate of drug-likeness (QED) is 0.627. The summed E-state index contributed by atoms with van der Waals surface area (Å²) >= 11 is 1.57. The van der Waals surface area contributed by atoms with Gasteiger partial charge in [-0.05, 0) is 17.5 Å². The van der Waals surface area contributed by atoms with E-state index >= 15 is 0 Å². The van der Waals surface area contributed by atoms with E-state index in [1.807, 2.05) is 17.5 Å². The van der Waals surface area contributed by atoms with E-state index in [0.717, 1.165) is 4.88 Å². The van der Waals surface area contributed by atoms with Gasteiger partial charge in [-0.2, -0.15) is 0 Å². The molecule has 116 valence electrons. The molecule has 0 aliphatic carbocycles. The van der Waals surface area contributed by atoms with Crippen molar-refractivity contribution in [2.45, 2.75) is 6.54 Å². The van der Waals surface area contributed by atoms with E-state index in [-0.39, 0.29) is 11.6 Å². The fourth-order valence-corrected chi connectivity index (χ4v) is 2.87. The molecule has 7 heteroatoms. The van der Waals surface area contributed by atoms with Crippen LogP contribution in [0, 0.1) is 10.1 Å². The molecule has 0 N–H and O–H groups in total. The number of anilines is 1. The molecule has 1 aromatic carbocycles. The molecule has 0 bridgehead atoms. The van der Waals surface area contributed by atoms with E-state index in [4.69, 9.17) is 0 Å². The zero-order valence-electron chi connectivity index (χ0n) is 12.6. The molecule has 1 amide bonds. The number of hydrogen-bond acceptors (Lipinski definition) is 5. The lowest BCUT2D eigenvalue weighted by Gasteiger charge is -2.21. The zero-order chi connectivity index (χ0) is 16.3. The highest BCUT2D eigenvalue weighted by Gasteiger charge is 2.21. The van der Waals surface area contributed by atoms with Crippen LogP contribution in [0.5, 0.6) is 0 Å². The van der Waals surface area contributed by atoms with Crippen molar-refractivity contribution in [1.29, 1.82) is 0 Å². The van der Waals surface area contributed by atoms with Crippen molar-refractivity contribution in [1.82, 2.24) is 4.90 Å². The summed E-state index contributed by atoms with van der Waals surface area (Å²) in [7, 11) is 5.30. The molecule has 0 aliphatic rings. The minimum absolute atomic E-state index is 0.0847. The SMILES string of the molecule is CN(Cc1cccs1)C(=O)c1cc([N+](=O)[O-])ccc1N(C)C. The van der Waals surface area contributed by atoms with E-state index in [2.05, 4.69) is 0 Å². The number of nitrogens with zero attached hydrogens (tertiary/aromatic N) is 3. The third-order valence-electron chi connectivity index (χ3n) is 3.22. The van der Waals surface area contributed by atoms with Gasteiger partial charge in [-0.15, -0.1) is 11.3 Å². The molecule has 0 unspecified atom stereocenters. The van der Waals surface area contributed by atoms with Crippen LogP contribution in [0.1, 0.15) is 15.2 Å². The Kier molecular flexibility index (Phi) is 4.77. The number of hydrogen-bond donors (Lipinski definition) is 0. The summed E-state index contributed by atoms with van der Waals surface area (Å²) < 4.78 is 0. The van der Waals surface area contributed by atoms with Gasteiger partial charge in [0.1, 0.15) is 0 Å². The Morgan fingerprint density at radius 2 is 2.00 bits per heavy atom. The van der Waals surface area contributed by atoms with Crippen molar-refractivity contribution >= 4 is 28.6 Å². The second kappa shape index (κ2) is 6.57. The summed E-state index contributed by atoms with van der Waals surface area (Å²) in [5.41, 5.74) is 0.908. The van der Waals surface area contributed by atoms with Crippen LogP contribution in [0.3, 0.4) is 0 Å². The molecule has 0 radical (unpaired) electrons. The monoisotopic (exact) mass is 319 g/mol. The molecule has 2 aromatic rings. The van der Waals surface area contributed by atoms with E-state index in [0.29, 0.717) is 17.8 Å². The highest BCUT2D eigenvalue weighted by molar-refractivity contribution is 7.09. The standard InChI is InChI=1S/C15H17N3O3S/c1-16(2)14-7-6-11(18(20)21)9-13(14)15(19)17(3)10-12-5-4-8-22-12/h4-9H,10H2,1-3H3. The number of carbonyl (C=O) groups is 1. The number of nitro groups is 1. The Morgan fingerprint density at radius 3 is 2.55 bits per heavy atom. The Morgan fingerprint density at radius 1 is 1.27 bits per heavy atom. The lowest BCUT2D eigenvalue weighted by molar-refractivity contribution is -0.384. The Bertz CT molecular complexity index is 683. The third-order valence-corrected chi connectivity index (χ3v) is 4.08. The van der Waals surface area contributed by atoms with E-state index in [1.54, 1.807) is 48.3 Å². The van der Waals surface area contributed by atoms with Gasteiger partial charge in [-0.1, -0.05) is 6.07 Å². The number of non-ortho nitro benzene ring substituents is 1. The second-order valence-electron chi connectivity index (χ2n) is 5.09. The second-order valence-corrected chi connectivity index (χ2v) is 6.13. The maximum absolute atomic E-state index is 12.7. The predicted molar refractivity (Wildman–Crippen MR) is 87.5 cm³/mol. The summed E-state index contributed by atoms with van der Waals surface area (Å²) in [5, 5.41) is 12.9. The van der Waals surface area contributed by atoms with Gasteiger partial charge in [0.05, 0.1) is 17.0 Å². The van der Waals surface area contributed by atoms with Crippen molar-refractivity contribution < 1.29 is 9.72 Å². The highest BCUT2D eigenvalue weighted by Crippen LogP contribution is 2.26. The molecule has 0 spiro atoms. The molecule has 1 heterocycles. The van der Waals surface area contributed by atoms with Gasteiger partial charge >= 0.3 is 0 Å². The van der Waals surface area contributed by atoms with Crippen LogP contribution in [0.15, 0.2) is 35.7 Å². The Hall–Kier alpha value is -2.41. The average Bonchev–Trinajstić information content (AvgIpc) is 2.98. The van der Waals surface area contributed by atoms with Crippen molar-refractivity contribution in [3.05, 3.63) is 56.3 Å². The van der Waals surface area contributed by atoms with Crippen molar-refractivity contribution in [2.75, 3.05) is 26.0 Å². The maximum atomic E-state index is 12.7. The first-order chi connectivity index (χ1) is 10.4. The number of thiophene rings is 1. The minimum atomic E-state index is -0.491. The number of rotatable bonds is 5. The molecule has 0 atom stereocenters. The zero-order valence-corrected chi connectivity index (χ0v) is 13.5. The Labute approximate surface area is 132 Å². The van der Waals surface area contributed by atoms with Gasteiger partial charge in [0, 0.05) is 43.8 Å². The first kappa shape index (κ1) is 16.0. The van der Waals surface area contributed by atoms with Gasteiger partial charge in [-0.25, -0.2) is 0 Å². The van der Waals surface area contributed by atoms with E-state index in [9.17, 15) is 14.9 Å².